The minimum atomic E-state index is -4.23. The Morgan fingerprint density at radius 2 is 1.62 bits per heavy atom. The summed E-state index contributed by atoms with van der Waals surface area (Å²) in [6.45, 7) is 5.73. The molecule has 0 saturated heterocycles. The molecule has 7 nitrogen and oxygen atoms in total. The van der Waals surface area contributed by atoms with E-state index in [1.54, 1.807) is 18.2 Å². The van der Waals surface area contributed by atoms with Crippen molar-refractivity contribution in [2.45, 2.75) is 51.1 Å². The zero-order chi connectivity index (χ0) is 28.6. The molecule has 208 valence electrons. The molecule has 0 aliphatic carbocycles. The third kappa shape index (κ3) is 7.75. The van der Waals surface area contributed by atoms with Crippen LogP contribution in [0.15, 0.2) is 77.7 Å². The molecule has 0 aliphatic rings. The van der Waals surface area contributed by atoms with E-state index in [0.717, 1.165) is 21.9 Å². The van der Waals surface area contributed by atoms with E-state index < -0.39 is 28.5 Å². The number of carbonyl (C=O) groups excluding carboxylic acids is 2. The molecular formula is C29H33Cl2N3O4S. The third-order valence-corrected chi connectivity index (χ3v) is 8.52. The highest BCUT2D eigenvalue weighted by Crippen LogP contribution is 2.33. The Balaban J connectivity index is 2.07. The van der Waals surface area contributed by atoms with Gasteiger partial charge in [0.15, 0.2) is 0 Å². The number of nitrogens with zero attached hydrogens (tertiary/aromatic N) is 2. The monoisotopic (exact) mass is 589 g/mol. The van der Waals surface area contributed by atoms with Crippen molar-refractivity contribution in [3.05, 3.63) is 94.0 Å². The van der Waals surface area contributed by atoms with E-state index in [1.807, 2.05) is 45.0 Å². The predicted octanol–water partition coefficient (Wildman–Crippen LogP) is 5.83. The molecule has 0 aromatic heterocycles. The molecule has 3 aromatic carbocycles. The van der Waals surface area contributed by atoms with E-state index in [-0.39, 0.29) is 33.1 Å². The first kappa shape index (κ1) is 30.5. The molecular weight excluding hydrogens is 557 g/mol. The van der Waals surface area contributed by atoms with Crippen LogP contribution in [0.4, 0.5) is 5.69 Å². The number of amides is 2. The Hall–Kier alpha value is -3.07. The highest BCUT2D eigenvalue weighted by molar-refractivity contribution is 7.92. The van der Waals surface area contributed by atoms with Crippen LogP contribution in [0, 0.1) is 6.92 Å². The van der Waals surface area contributed by atoms with Crippen LogP contribution in [0.3, 0.4) is 0 Å². The van der Waals surface area contributed by atoms with Gasteiger partial charge >= 0.3 is 0 Å². The summed E-state index contributed by atoms with van der Waals surface area (Å²) in [7, 11) is -4.23. The number of hydrogen-bond acceptors (Lipinski definition) is 4. The summed E-state index contributed by atoms with van der Waals surface area (Å²) < 4.78 is 28.6. The fourth-order valence-corrected chi connectivity index (χ4v) is 5.97. The Bertz CT molecular complexity index is 1380. The average molecular weight is 591 g/mol. The van der Waals surface area contributed by atoms with Crippen molar-refractivity contribution in [1.29, 1.82) is 0 Å². The standard InChI is InChI=1S/C29H33Cl2N3O4S/c1-4-17-32-29(36)26(5-2)33(19-22-13-11-21(3)12-14-22)28(35)20-34(27-18-23(30)15-16-25(27)31)39(37,38)24-9-7-6-8-10-24/h6-16,18,26H,4-5,17,19-20H2,1-3H3,(H,32,36)/t26-/m0/s1. The summed E-state index contributed by atoms with van der Waals surface area (Å²) in [6, 6.07) is 19.0. The second kappa shape index (κ2) is 13.8. The summed E-state index contributed by atoms with van der Waals surface area (Å²) in [6.07, 6.45) is 1.08. The lowest BCUT2D eigenvalue weighted by atomic mass is 10.1. The maximum absolute atomic E-state index is 14.0. The molecule has 2 amide bonds. The van der Waals surface area contributed by atoms with Crippen LogP contribution >= 0.6 is 23.2 Å². The van der Waals surface area contributed by atoms with Crippen molar-refractivity contribution in [2.75, 3.05) is 17.4 Å². The van der Waals surface area contributed by atoms with Gasteiger partial charge in [0.05, 0.1) is 15.6 Å². The van der Waals surface area contributed by atoms with E-state index >= 15 is 0 Å². The molecule has 10 heteroatoms. The quantitative estimate of drug-likeness (QED) is 0.288. The number of rotatable bonds is 12. The Labute approximate surface area is 240 Å². The van der Waals surface area contributed by atoms with Crippen LogP contribution < -0.4 is 9.62 Å². The average Bonchev–Trinajstić information content (AvgIpc) is 2.93. The SMILES string of the molecule is CCCNC(=O)[C@H](CC)N(Cc1ccc(C)cc1)C(=O)CN(c1cc(Cl)ccc1Cl)S(=O)(=O)c1ccccc1. The van der Waals surface area contributed by atoms with Gasteiger partial charge in [-0.2, -0.15) is 0 Å². The van der Waals surface area contributed by atoms with Gasteiger partial charge in [-0.15, -0.1) is 0 Å². The fourth-order valence-electron chi connectivity index (χ4n) is 4.09. The number of nitrogens with one attached hydrogen (secondary N) is 1. The Kier molecular flexibility index (Phi) is 10.8. The lowest BCUT2D eigenvalue weighted by molar-refractivity contribution is -0.140. The molecule has 0 bridgehead atoms. The van der Waals surface area contributed by atoms with E-state index in [9.17, 15) is 18.0 Å². The van der Waals surface area contributed by atoms with Gasteiger partial charge in [0, 0.05) is 18.1 Å². The molecule has 39 heavy (non-hydrogen) atoms. The van der Waals surface area contributed by atoms with Gasteiger partial charge in [0.1, 0.15) is 12.6 Å². The second-order valence-electron chi connectivity index (χ2n) is 9.14. The summed E-state index contributed by atoms with van der Waals surface area (Å²) in [4.78, 5) is 28.6. The summed E-state index contributed by atoms with van der Waals surface area (Å²) in [5, 5.41) is 3.24. The van der Waals surface area contributed by atoms with Gasteiger partial charge in [0.2, 0.25) is 11.8 Å². The second-order valence-corrected chi connectivity index (χ2v) is 11.8. The number of anilines is 1. The molecule has 0 fully saturated rings. The van der Waals surface area contributed by atoms with E-state index in [1.165, 1.54) is 35.2 Å². The van der Waals surface area contributed by atoms with Crippen molar-refractivity contribution in [3.8, 4) is 0 Å². The molecule has 0 heterocycles. The molecule has 0 aliphatic heterocycles. The summed E-state index contributed by atoms with van der Waals surface area (Å²) >= 11 is 12.6. The molecule has 1 atom stereocenters. The topological polar surface area (TPSA) is 86.8 Å². The number of sulfonamides is 1. The fraction of sp³-hybridized carbons (Fsp3) is 0.310. The number of carbonyl (C=O) groups is 2. The third-order valence-electron chi connectivity index (χ3n) is 6.20. The van der Waals surface area contributed by atoms with Gasteiger partial charge in [-0.1, -0.05) is 85.1 Å². The summed E-state index contributed by atoms with van der Waals surface area (Å²) in [5.41, 5.74) is 1.94. The van der Waals surface area contributed by atoms with E-state index in [4.69, 9.17) is 23.2 Å². The lowest BCUT2D eigenvalue weighted by Gasteiger charge is -2.33. The molecule has 3 aromatic rings. The molecule has 0 saturated carbocycles. The van der Waals surface area contributed by atoms with Crippen LogP contribution in [0.2, 0.25) is 10.0 Å². The smallest absolute Gasteiger partial charge is 0.264 e. The van der Waals surface area contributed by atoms with Gasteiger partial charge in [0.25, 0.3) is 10.0 Å². The first-order valence-corrected chi connectivity index (χ1v) is 14.9. The van der Waals surface area contributed by atoms with Crippen molar-refractivity contribution in [1.82, 2.24) is 10.2 Å². The maximum Gasteiger partial charge on any atom is 0.264 e. The van der Waals surface area contributed by atoms with Crippen LogP contribution in [-0.2, 0) is 26.2 Å². The van der Waals surface area contributed by atoms with Gasteiger partial charge in [-0.05, 0) is 55.7 Å². The van der Waals surface area contributed by atoms with Gasteiger partial charge < -0.3 is 10.2 Å². The number of benzene rings is 3. The van der Waals surface area contributed by atoms with Crippen LogP contribution in [0.1, 0.15) is 37.8 Å². The molecule has 3 rings (SSSR count). The van der Waals surface area contributed by atoms with Crippen LogP contribution in [-0.4, -0.2) is 44.3 Å². The van der Waals surface area contributed by atoms with Crippen molar-refractivity contribution in [3.63, 3.8) is 0 Å². The van der Waals surface area contributed by atoms with Crippen LogP contribution in [0.25, 0.3) is 0 Å². The summed E-state index contributed by atoms with van der Waals surface area (Å²) in [5.74, 6) is -0.845. The minimum absolute atomic E-state index is 0.00772. The van der Waals surface area contributed by atoms with Gasteiger partial charge in [-0.25, -0.2) is 8.42 Å². The number of aryl methyl sites for hydroxylation is 1. The maximum atomic E-state index is 14.0. The molecule has 0 unspecified atom stereocenters. The Morgan fingerprint density at radius 3 is 2.23 bits per heavy atom. The number of hydrogen-bond donors (Lipinski definition) is 1. The highest BCUT2D eigenvalue weighted by atomic mass is 35.5. The largest absolute Gasteiger partial charge is 0.354 e. The first-order valence-electron chi connectivity index (χ1n) is 12.7. The van der Waals surface area contributed by atoms with Crippen LogP contribution in [0.5, 0.6) is 0 Å². The van der Waals surface area contributed by atoms with Crippen molar-refractivity contribution < 1.29 is 18.0 Å². The van der Waals surface area contributed by atoms with Gasteiger partial charge in [-0.3, -0.25) is 13.9 Å². The van der Waals surface area contributed by atoms with Crippen molar-refractivity contribution in [2.24, 2.45) is 0 Å². The normalized spacial score (nSPS) is 12.0. The molecule has 0 spiro atoms. The molecule has 1 N–H and O–H groups in total. The number of halogens is 2. The Morgan fingerprint density at radius 1 is 0.949 bits per heavy atom. The highest BCUT2D eigenvalue weighted by Gasteiger charge is 2.34. The van der Waals surface area contributed by atoms with E-state index in [2.05, 4.69) is 5.32 Å². The van der Waals surface area contributed by atoms with Crippen molar-refractivity contribution >= 4 is 50.7 Å². The minimum Gasteiger partial charge on any atom is -0.354 e. The first-order chi connectivity index (χ1) is 18.6. The zero-order valence-electron chi connectivity index (χ0n) is 22.2. The predicted molar refractivity (Wildman–Crippen MR) is 157 cm³/mol. The van der Waals surface area contributed by atoms with E-state index in [0.29, 0.717) is 13.0 Å². The zero-order valence-corrected chi connectivity index (χ0v) is 24.6. The lowest BCUT2D eigenvalue weighted by Crippen LogP contribution is -2.52. The molecule has 0 radical (unpaired) electrons.